The summed E-state index contributed by atoms with van der Waals surface area (Å²) in [7, 11) is 0. The van der Waals surface area contributed by atoms with Crippen molar-refractivity contribution in [3.63, 3.8) is 0 Å². The van der Waals surface area contributed by atoms with Gasteiger partial charge in [-0.15, -0.1) is 0 Å². The molecule has 18 heavy (non-hydrogen) atoms. The van der Waals surface area contributed by atoms with Gasteiger partial charge in [-0.2, -0.15) is 0 Å². The van der Waals surface area contributed by atoms with E-state index in [0.717, 1.165) is 0 Å². The third kappa shape index (κ3) is 7.14. The molecule has 0 aromatic carbocycles. The Hall–Kier alpha value is -2.20. The summed E-state index contributed by atoms with van der Waals surface area (Å²) in [6.45, 7) is -3.25. The zero-order valence-electron chi connectivity index (χ0n) is 9.14. The molecule has 0 saturated heterocycles. The van der Waals surface area contributed by atoms with Crippen LogP contribution in [0.2, 0.25) is 0 Å². The molecule has 0 atom stereocenters. The van der Waals surface area contributed by atoms with Gasteiger partial charge in [-0.25, -0.2) is 10.0 Å². The van der Waals surface area contributed by atoms with Crippen LogP contribution in [-0.2, 0) is 19.2 Å². The number of carboxylic acid groups (broad SMARTS) is 4. The molecule has 0 unspecified atom stereocenters. The van der Waals surface area contributed by atoms with Gasteiger partial charge in [0.1, 0.15) is 26.2 Å². The average Bonchev–Trinajstić information content (AvgIpc) is 2.12. The molecule has 0 rings (SSSR count). The fourth-order valence-electron chi connectivity index (χ4n) is 1.14. The highest BCUT2D eigenvalue weighted by molar-refractivity contribution is 5.74. The lowest BCUT2D eigenvalue weighted by atomic mass is 10.5. The van der Waals surface area contributed by atoms with E-state index in [0.29, 0.717) is 10.0 Å². The normalized spacial score (nSPS) is 10.6. The van der Waals surface area contributed by atoms with Crippen LogP contribution in [0.3, 0.4) is 0 Å². The van der Waals surface area contributed by atoms with Crippen LogP contribution in [0.4, 0.5) is 0 Å². The lowest BCUT2D eigenvalue weighted by Crippen LogP contribution is -2.51. The van der Waals surface area contributed by atoms with E-state index >= 15 is 0 Å². The van der Waals surface area contributed by atoms with E-state index < -0.39 is 50.1 Å². The van der Waals surface area contributed by atoms with Crippen molar-refractivity contribution >= 4 is 23.9 Å². The number of rotatable bonds is 9. The van der Waals surface area contributed by atoms with Crippen molar-refractivity contribution < 1.29 is 39.6 Å². The quantitative estimate of drug-likeness (QED) is 0.338. The van der Waals surface area contributed by atoms with Crippen LogP contribution >= 0.6 is 0 Å². The summed E-state index contributed by atoms with van der Waals surface area (Å²) < 4.78 is 0. The van der Waals surface area contributed by atoms with Gasteiger partial charge in [-0.1, -0.05) is 0 Å². The molecule has 0 aromatic heterocycles. The maximum Gasteiger partial charge on any atom is 0.319 e. The molecule has 10 heteroatoms. The third-order valence-corrected chi connectivity index (χ3v) is 1.67. The Morgan fingerprint density at radius 1 is 0.556 bits per heavy atom. The van der Waals surface area contributed by atoms with E-state index in [1.165, 1.54) is 0 Å². The molecule has 4 N–H and O–H groups in total. The first-order valence-electron chi connectivity index (χ1n) is 4.59. The second kappa shape index (κ2) is 7.19. The van der Waals surface area contributed by atoms with E-state index in [-0.39, 0.29) is 0 Å². The lowest BCUT2D eigenvalue weighted by Gasteiger charge is -2.29. The molecule has 0 radical (unpaired) electrons. The molecule has 0 aliphatic rings. The SMILES string of the molecule is O=C(O)CN(CC(=O)O)N(CC(=O)O)CC(=O)O. The number of hydrogen-bond acceptors (Lipinski definition) is 6. The van der Waals surface area contributed by atoms with Crippen molar-refractivity contribution in [1.82, 2.24) is 10.0 Å². The molecule has 0 aliphatic carbocycles. The van der Waals surface area contributed by atoms with Crippen LogP contribution in [0, 0.1) is 0 Å². The second-order valence-electron chi connectivity index (χ2n) is 3.22. The summed E-state index contributed by atoms with van der Waals surface area (Å²) in [6.07, 6.45) is 0. The van der Waals surface area contributed by atoms with Crippen LogP contribution in [0.5, 0.6) is 0 Å². The molecule has 0 heterocycles. The Morgan fingerprint density at radius 3 is 0.833 bits per heavy atom. The van der Waals surface area contributed by atoms with Gasteiger partial charge < -0.3 is 20.4 Å². The predicted molar refractivity (Wildman–Crippen MR) is 53.7 cm³/mol. The zero-order valence-corrected chi connectivity index (χ0v) is 9.14. The summed E-state index contributed by atoms with van der Waals surface area (Å²) in [4.78, 5) is 42.0. The Labute approximate surface area is 101 Å². The average molecular weight is 264 g/mol. The number of hydrazine groups is 1. The highest BCUT2D eigenvalue weighted by Crippen LogP contribution is 1.98. The molecule has 0 aliphatic heterocycles. The van der Waals surface area contributed by atoms with E-state index in [1.54, 1.807) is 0 Å². The first kappa shape index (κ1) is 15.8. The molecule has 0 aromatic rings. The molecular weight excluding hydrogens is 252 g/mol. The molecule has 0 spiro atoms. The van der Waals surface area contributed by atoms with E-state index in [2.05, 4.69) is 0 Å². The van der Waals surface area contributed by atoms with Crippen molar-refractivity contribution in [1.29, 1.82) is 0 Å². The van der Waals surface area contributed by atoms with Gasteiger partial charge >= 0.3 is 23.9 Å². The van der Waals surface area contributed by atoms with Crippen molar-refractivity contribution in [2.75, 3.05) is 26.2 Å². The molecule has 0 saturated carbocycles. The third-order valence-electron chi connectivity index (χ3n) is 1.67. The largest absolute Gasteiger partial charge is 0.480 e. The summed E-state index contributed by atoms with van der Waals surface area (Å²) in [6, 6.07) is 0. The van der Waals surface area contributed by atoms with E-state index in [9.17, 15) is 19.2 Å². The zero-order chi connectivity index (χ0) is 14.3. The van der Waals surface area contributed by atoms with E-state index in [1.807, 2.05) is 0 Å². The maximum absolute atomic E-state index is 10.5. The van der Waals surface area contributed by atoms with Crippen molar-refractivity contribution in [2.45, 2.75) is 0 Å². The minimum Gasteiger partial charge on any atom is -0.480 e. The van der Waals surface area contributed by atoms with Crippen molar-refractivity contribution in [3.05, 3.63) is 0 Å². The minimum atomic E-state index is -1.41. The fraction of sp³-hybridized carbons (Fsp3) is 0.500. The lowest BCUT2D eigenvalue weighted by molar-refractivity contribution is -0.163. The van der Waals surface area contributed by atoms with Crippen LogP contribution in [-0.4, -0.2) is 80.5 Å². The number of hydrogen-bond donors (Lipinski definition) is 4. The first-order chi connectivity index (χ1) is 8.22. The van der Waals surface area contributed by atoms with Gasteiger partial charge in [0.05, 0.1) is 0 Å². The Kier molecular flexibility index (Phi) is 6.31. The van der Waals surface area contributed by atoms with Crippen molar-refractivity contribution in [2.24, 2.45) is 0 Å². The van der Waals surface area contributed by atoms with Gasteiger partial charge in [0.2, 0.25) is 0 Å². The molecule has 102 valence electrons. The van der Waals surface area contributed by atoms with Crippen LogP contribution < -0.4 is 0 Å². The Bertz CT molecular complexity index is 289. The molecular formula is C8H12N2O8. The minimum absolute atomic E-state index is 0.632. The van der Waals surface area contributed by atoms with E-state index in [4.69, 9.17) is 20.4 Å². The number of aliphatic carboxylic acids is 4. The summed E-state index contributed by atoms with van der Waals surface area (Å²) >= 11 is 0. The van der Waals surface area contributed by atoms with Gasteiger partial charge in [-0.05, 0) is 0 Å². The number of nitrogens with zero attached hydrogens (tertiary/aromatic N) is 2. The van der Waals surface area contributed by atoms with Gasteiger partial charge in [0.15, 0.2) is 0 Å². The summed E-state index contributed by atoms with van der Waals surface area (Å²) in [5.74, 6) is -5.62. The van der Waals surface area contributed by atoms with Gasteiger partial charge in [-0.3, -0.25) is 19.2 Å². The monoisotopic (exact) mass is 264 g/mol. The fourth-order valence-corrected chi connectivity index (χ4v) is 1.14. The maximum atomic E-state index is 10.5. The smallest absolute Gasteiger partial charge is 0.319 e. The number of carbonyl (C=O) groups is 4. The highest BCUT2D eigenvalue weighted by Gasteiger charge is 2.24. The van der Waals surface area contributed by atoms with Crippen molar-refractivity contribution in [3.8, 4) is 0 Å². The summed E-state index contributed by atoms with van der Waals surface area (Å²) in [5, 5.41) is 35.5. The van der Waals surface area contributed by atoms with Crippen LogP contribution in [0.25, 0.3) is 0 Å². The Morgan fingerprint density at radius 2 is 0.722 bits per heavy atom. The topological polar surface area (TPSA) is 156 Å². The second-order valence-corrected chi connectivity index (χ2v) is 3.22. The molecule has 0 fully saturated rings. The van der Waals surface area contributed by atoms with Crippen LogP contribution in [0.15, 0.2) is 0 Å². The number of carboxylic acids is 4. The standard InChI is InChI=1S/C8H12N2O8/c11-5(12)1-9(2-6(13)14)10(3-7(15)16)4-8(17)18/h1-4H2,(H,11,12)(H,13,14)(H,15,16)(H,17,18). The highest BCUT2D eigenvalue weighted by atomic mass is 16.4. The summed E-state index contributed by atoms with van der Waals surface area (Å²) in [5.41, 5.74) is 0. The van der Waals surface area contributed by atoms with Crippen LogP contribution in [0.1, 0.15) is 0 Å². The molecule has 10 nitrogen and oxygen atoms in total. The Balaban J connectivity index is 4.90. The first-order valence-corrected chi connectivity index (χ1v) is 4.59. The predicted octanol–water partition coefficient (Wildman–Crippen LogP) is -2.16. The molecule has 0 amide bonds. The molecule has 0 bridgehead atoms. The van der Waals surface area contributed by atoms with Gasteiger partial charge in [0, 0.05) is 0 Å². The van der Waals surface area contributed by atoms with Gasteiger partial charge in [0.25, 0.3) is 0 Å².